The topological polar surface area (TPSA) is 45.7 Å². The highest BCUT2D eigenvalue weighted by Crippen LogP contribution is 2.33. The van der Waals surface area contributed by atoms with Crippen LogP contribution in [0.1, 0.15) is 38.3 Å². The van der Waals surface area contributed by atoms with Crippen LogP contribution < -0.4 is 0 Å². The molecule has 1 aliphatic rings. The molecule has 2 aromatic rings. The van der Waals surface area contributed by atoms with Gasteiger partial charge in [0.05, 0.1) is 22.3 Å². The number of halogens is 3. The van der Waals surface area contributed by atoms with Crippen molar-refractivity contribution in [1.82, 2.24) is 14.8 Å². The third kappa shape index (κ3) is 4.94. The van der Waals surface area contributed by atoms with Gasteiger partial charge in [-0.2, -0.15) is 13.2 Å². The van der Waals surface area contributed by atoms with E-state index in [9.17, 15) is 18.0 Å². The van der Waals surface area contributed by atoms with Gasteiger partial charge in [0.1, 0.15) is 10.6 Å². The lowest BCUT2D eigenvalue weighted by Gasteiger charge is -2.39. The van der Waals surface area contributed by atoms with Crippen LogP contribution in [0.5, 0.6) is 0 Å². The molecule has 0 unspecified atom stereocenters. The van der Waals surface area contributed by atoms with E-state index in [1.807, 2.05) is 27.7 Å². The Labute approximate surface area is 166 Å². The van der Waals surface area contributed by atoms with Gasteiger partial charge in [0, 0.05) is 25.7 Å². The Bertz CT molecular complexity index is 860. The molecule has 0 N–H and O–H groups in total. The number of thiazole rings is 1. The van der Waals surface area contributed by atoms with Gasteiger partial charge in [-0.1, -0.05) is 0 Å². The molecule has 1 aromatic heterocycles. The molecule has 0 saturated carbocycles. The minimum Gasteiger partial charge on any atom is -0.444 e. The van der Waals surface area contributed by atoms with Crippen LogP contribution in [-0.4, -0.2) is 52.2 Å². The number of ether oxygens (including phenoxy) is 1. The second kappa shape index (κ2) is 7.51. The Hall–Kier alpha value is -1.87. The predicted octanol–water partition coefficient (Wildman–Crippen LogP) is 4.76. The van der Waals surface area contributed by atoms with Gasteiger partial charge in [-0.25, -0.2) is 9.78 Å². The van der Waals surface area contributed by atoms with Crippen molar-refractivity contribution < 1.29 is 22.7 Å². The Morgan fingerprint density at radius 3 is 2.61 bits per heavy atom. The second-order valence-corrected chi connectivity index (χ2v) is 9.16. The lowest BCUT2D eigenvalue weighted by molar-refractivity contribution is -0.137. The van der Waals surface area contributed by atoms with Gasteiger partial charge in [0.25, 0.3) is 0 Å². The van der Waals surface area contributed by atoms with Crippen molar-refractivity contribution in [2.45, 2.75) is 52.1 Å². The first-order valence-electron chi connectivity index (χ1n) is 9.11. The number of carbonyl (C=O) groups is 1. The van der Waals surface area contributed by atoms with Crippen LogP contribution in [0.2, 0.25) is 0 Å². The van der Waals surface area contributed by atoms with E-state index in [0.29, 0.717) is 31.7 Å². The number of alkyl halides is 3. The molecule has 1 aromatic carbocycles. The SMILES string of the molecule is C[C@@H]1CN(Cc2nc3cc(C(F)(F)F)ccc3s2)CCN1C(=O)OC(C)(C)C. The summed E-state index contributed by atoms with van der Waals surface area (Å²) >= 11 is 1.40. The molecule has 0 bridgehead atoms. The zero-order valence-electron chi connectivity index (χ0n) is 16.3. The highest BCUT2D eigenvalue weighted by atomic mass is 32.1. The fraction of sp³-hybridized carbons (Fsp3) is 0.579. The number of fused-ring (bicyclic) bond motifs is 1. The minimum atomic E-state index is -4.37. The number of hydrogen-bond donors (Lipinski definition) is 0. The van der Waals surface area contributed by atoms with E-state index in [-0.39, 0.29) is 12.1 Å². The van der Waals surface area contributed by atoms with E-state index >= 15 is 0 Å². The third-order valence-corrected chi connectivity index (χ3v) is 5.48. The van der Waals surface area contributed by atoms with Crippen molar-refractivity contribution >= 4 is 27.6 Å². The average molecular weight is 415 g/mol. The second-order valence-electron chi connectivity index (χ2n) is 8.05. The summed E-state index contributed by atoms with van der Waals surface area (Å²) < 4.78 is 44.8. The van der Waals surface area contributed by atoms with Crippen molar-refractivity contribution in [2.24, 2.45) is 0 Å². The molecule has 28 heavy (non-hydrogen) atoms. The van der Waals surface area contributed by atoms with E-state index in [4.69, 9.17) is 4.74 Å². The van der Waals surface area contributed by atoms with Gasteiger partial charge in [0.2, 0.25) is 0 Å². The summed E-state index contributed by atoms with van der Waals surface area (Å²) in [4.78, 5) is 20.6. The van der Waals surface area contributed by atoms with E-state index in [0.717, 1.165) is 21.8 Å². The number of rotatable bonds is 2. The molecular formula is C19H24F3N3O2S. The summed E-state index contributed by atoms with van der Waals surface area (Å²) in [5, 5.41) is 0.771. The lowest BCUT2D eigenvalue weighted by Crippen LogP contribution is -2.54. The van der Waals surface area contributed by atoms with Crippen LogP contribution in [-0.2, 0) is 17.5 Å². The number of aromatic nitrogens is 1. The normalized spacial score (nSPS) is 19.2. The van der Waals surface area contributed by atoms with Crippen LogP contribution >= 0.6 is 11.3 Å². The lowest BCUT2D eigenvalue weighted by atomic mass is 10.2. The maximum Gasteiger partial charge on any atom is 0.416 e. The first-order valence-corrected chi connectivity index (χ1v) is 9.93. The molecule has 1 saturated heterocycles. The largest absolute Gasteiger partial charge is 0.444 e. The highest BCUT2D eigenvalue weighted by Gasteiger charge is 2.32. The van der Waals surface area contributed by atoms with Gasteiger partial charge >= 0.3 is 12.3 Å². The summed E-state index contributed by atoms with van der Waals surface area (Å²) in [5.74, 6) is 0. The van der Waals surface area contributed by atoms with Crippen LogP contribution in [0.25, 0.3) is 10.2 Å². The Morgan fingerprint density at radius 2 is 2.00 bits per heavy atom. The molecule has 1 atom stereocenters. The maximum absolute atomic E-state index is 12.9. The van der Waals surface area contributed by atoms with Gasteiger partial charge in [-0.15, -0.1) is 11.3 Å². The average Bonchev–Trinajstić information content (AvgIpc) is 2.93. The molecule has 2 heterocycles. The number of carbonyl (C=O) groups excluding carboxylic acids is 1. The Morgan fingerprint density at radius 1 is 1.29 bits per heavy atom. The van der Waals surface area contributed by atoms with Gasteiger partial charge < -0.3 is 9.64 Å². The highest BCUT2D eigenvalue weighted by molar-refractivity contribution is 7.18. The molecule has 9 heteroatoms. The van der Waals surface area contributed by atoms with Crippen LogP contribution in [0.15, 0.2) is 18.2 Å². The predicted molar refractivity (Wildman–Crippen MR) is 102 cm³/mol. The number of piperazine rings is 1. The fourth-order valence-electron chi connectivity index (χ4n) is 3.18. The molecule has 0 aliphatic carbocycles. The summed E-state index contributed by atoms with van der Waals surface area (Å²) in [6, 6.07) is 3.64. The molecule has 1 amide bonds. The Kier molecular flexibility index (Phi) is 5.60. The standard InChI is InChI=1S/C19H24F3N3O2S/c1-12-10-24(7-8-25(12)17(26)27-18(2,3)4)11-16-23-14-9-13(19(20,21)22)5-6-15(14)28-16/h5-6,9,12H,7-8,10-11H2,1-4H3/t12-/m1/s1. The van der Waals surface area contributed by atoms with Crippen LogP contribution in [0, 0.1) is 0 Å². The van der Waals surface area contributed by atoms with Gasteiger partial charge in [-0.3, -0.25) is 4.90 Å². The van der Waals surface area contributed by atoms with E-state index in [2.05, 4.69) is 9.88 Å². The van der Waals surface area contributed by atoms with Crippen molar-refractivity contribution in [3.05, 3.63) is 28.8 Å². The molecular weight excluding hydrogens is 391 g/mol. The van der Waals surface area contributed by atoms with E-state index in [1.54, 1.807) is 4.90 Å². The Balaban J connectivity index is 1.65. The van der Waals surface area contributed by atoms with Crippen molar-refractivity contribution in [1.29, 1.82) is 0 Å². The monoisotopic (exact) mass is 415 g/mol. The third-order valence-electron chi connectivity index (χ3n) is 4.46. The van der Waals surface area contributed by atoms with Crippen LogP contribution in [0.3, 0.4) is 0 Å². The fourth-order valence-corrected chi connectivity index (χ4v) is 4.17. The summed E-state index contributed by atoms with van der Waals surface area (Å²) in [6.45, 7) is 9.88. The van der Waals surface area contributed by atoms with Crippen molar-refractivity contribution in [3.63, 3.8) is 0 Å². The zero-order valence-corrected chi connectivity index (χ0v) is 17.2. The molecule has 0 spiro atoms. The van der Waals surface area contributed by atoms with E-state index < -0.39 is 17.3 Å². The zero-order chi connectivity index (χ0) is 20.7. The summed E-state index contributed by atoms with van der Waals surface area (Å²) in [6.07, 6.45) is -4.69. The maximum atomic E-state index is 12.9. The van der Waals surface area contributed by atoms with Gasteiger partial charge in [-0.05, 0) is 45.9 Å². The first kappa shape index (κ1) is 20.9. The number of nitrogens with zero attached hydrogens (tertiary/aromatic N) is 3. The van der Waals surface area contributed by atoms with E-state index in [1.165, 1.54) is 17.4 Å². The van der Waals surface area contributed by atoms with Crippen molar-refractivity contribution in [2.75, 3.05) is 19.6 Å². The number of amides is 1. The van der Waals surface area contributed by atoms with Gasteiger partial charge in [0.15, 0.2) is 0 Å². The summed E-state index contributed by atoms with van der Waals surface area (Å²) in [5.41, 5.74) is -0.851. The minimum absolute atomic E-state index is 0.0187. The molecule has 5 nitrogen and oxygen atoms in total. The molecule has 1 aliphatic heterocycles. The molecule has 1 fully saturated rings. The molecule has 3 rings (SSSR count). The van der Waals surface area contributed by atoms with Crippen LogP contribution in [0.4, 0.5) is 18.0 Å². The quantitative estimate of drug-likeness (QED) is 0.710. The number of benzene rings is 1. The molecule has 154 valence electrons. The smallest absolute Gasteiger partial charge is 0.416 e. The number of hydrogen-bond acceptors (Lipinski definition) is 5. The molecule has 0 radical (unpaired) electrons. The van der Waals surface area contributed by atoms with Crippen molar-refractivity contribution in [3.8, 4) is 0 Å². The summed E-state index contributed by atoms with van der Waals surface area (Å²) in [7, 11) is 0. The first-order chi connectivity index (χ1) is 12.9.